The Morgan fingerprint density at radius 3 is 2.46 bits per heavy atom. The van der Waals surface area contributed by atoms with E-state index in [-0.39, 0.29) is 22.8 Å². The number of phenolic OH excluding ortho intramolecular Hbond substituents is 1. The molecule has 0 atom stereocenters. The Labute approximate surface area is 138 Å². The largest absolute Gasteiger partial charge is 0.506 e. The number of allylic oxidation sites excluding steroid dienone is 2. The van der Waals surface area contributed by atoms with Crippen molar-refractivity contribution in [3.8, 4) is 11.5 Å². The van der Waals surface area contributed by atoms with E-state index >= 15 is 0 Å². The highest BCUT2D eigenvalue weighted by atomic mass is 16.5. The van der Waals surface area contributed by atoms with Crippen molar-refractivity contribution < 1.29 is 24.5 Å². The zero-order chi connectivity index (χ0) is 17.3. The normalized spacial score (nSPS) is 13.5. The number of carbonyl (C=O) groups is 2. The minimum absolute atomic E-state index is 0.0113. The lowest BCUT2D eigenvalue weighted by Crippen LogP contribution is -2.08. The van der Waals surface area contributed by atoms with Crippen LogP contribution in [-0.2, 0) is 4.79 Å². The summed E-state index contributed by atoms with van der Waals surface area (Å²) in [7, 11) is 1.42. The van der Waals surface area contributed by atoms with E-state index in [9.17, 15) is 19.8 Å². The minimum atomic E-state index is -0.583. The summed E-state index contributed by atoms with van der Waals surface area (Å²) in [4.78, 5) is 24.6. The molecule has 0 aliphatic heterocycles. The molecule has 0 spiro atoms. The van der Waals surface area contributed by atoms with Gasteiger partial charge in [0.15, 0.2) is 17.3 Å². The van der Waals surface area contributed by atoms with Gasteiger partial charge in [-0.15, -0.1) is 0 Å². The molecule has 0 amide bonds. The molecule has 2 N–H and O–H groups in total. The fourth-order valence-corrected chi connectivity index (χ4v) is 2.55. The lowest BCUT2D eigenvalue weighted by molar-refractivity contribution is -0.110. The predicted molar refractivity (Wildman–Crippen MR) is 89.0 cm³/mol. The number of aliphatic hydroxyl groups excluding tert-OH is 1. The molecule has 0 fully saturated rings. The van der Waals surface area contributed by atoms with Crippen LogP contribution in [0.4, 0.5) is 0 Å². The first kappa shape index (κ1) is 15.6. The summed E-state index contributed by atoms with van der Waals surface area (Å²) in [5.41, 5.74) is 1.06. The average molecular weight is 322 g/mol. The number of aromatic hydroxyl groups is 1. The molecule has 0 heterocycles. The van der Waals surface area contributed by atoms with E-state index in [1.54, 1.807) is 36.4 Å². The number of methoxy groups -OCH3 is 1. The van der Waals surface area contributed by atoms with Gasteiger partial charge in [-0.05, 0) is 23.8 Å². The van der Waals surface area contributed by atoms with Crippen LogP contribution in [0.15, 0.2) is 54.1 Å². The number of rotatable bonds is 4. The van der Waals surface area contributed by atoms with E-state index in [0.29, 0.717) is 16.7 Å². The molecule has 5 heteroatoms. The molecule has 3 rings (SSSR count). The summed E-state index contributed by atoms with van der Waals surface area (Å²) >= 11 is 0. The van der Waals surface area contributed by atoms with Gasteiger partial charge in [-0.25, -0.2) is 0 Å². The van der Waals surface area contributed by atoms with Gasteiger partial charge < -0.3 is 14.9 Å². The number of carbonyl (C=O) groups excluding carboxylic acids is 2. The average Bonchev–Trinajstić information content (AvgIpc) is 2.85. The Morgan fingerprint density at radius 2 is 1.79 bits per heavy atom. The molecule has 0 saturated heterocycles. The summed E-state index contributed by atoms with van der Waals surface area (Å²) in [6.07, 6.45) is 2.70. The van der Waals surface area contributed by atoms with Crippen LogP contribution >= 0.6 is 0 Å². The number of hydrogen-bond acceptors (Lipinski definition) is 5. The van der Waals surface area contributed by atoms with Crippen molar-refractivity contribution in [3.05, 3.63) is 70.8 Å². The molecule has 0 saturated carbocycles. The van der Waals surface area contributed by atoms with E-state index in [1.165, 1.54) is 25.3 Å². The van der Waals surface area contributed by atoms with Crippen LogP contribution in [0.2, 0.25) is 0 Å². The Balaban J connectivity index is 1.89. The van der Waals surface area contributed by atoms with Crippen LogP contribution in [0, 0.1) is 0 Å². The summed E-state index contributed by atoms with van der Waals surface area (Å²) < 4.78 is 5.00. The van der Waals surface area contributed by atoms with E-state index in [0.717, 1.165) is 0 Å². The molecule has 5 nitrogen and oxygen atoms in total. The monoisotopic (exact) mass is 322 g/mol. The number of aliphatic hydroxyl groups is 1. The molecule has 0 radical (unpaired) electrons. The number of ketones is 2. The van der Waals surface area contributed by atoms with E-state index in [1.807, 2.05) is 0 Å². The molecule has 0 unspecified atom stereocenters. The zero-order valence-electron chi connectivity index (χ0n) is 12.8. The van der Waals surface area contributed by atoms with Crippen molar-refractivity contribution in [3.63, 3.8) is 0 Å². The predicted octanol–water partition coefficient (Wildman–Crippen LogP) is 3.15. The SMILES string of the molecule is COc1cc(C=CC(=O)C2=C(O)c3ccccc3C2=O)ccc1O. The number of ether oxygens (including phenoxy) is 1. The molecule has 2 aromatic carbocycles. The number of benzene rings is 2. The van der Waals surface area contributed by atoms with Crippen LogP contribution in [0.25, 0.3) is 11.8 Å². The highest BCUT2D eigenvalue weighted by molar-refractivity contribution is 6.36. The summed E-state index contributed by atoms with van der Waals surface area (Å²) in [5, 5.41) is 19.7. The van der Waals surface area contributed by atoms with E-state index in [2.05, 4.69) is 0 Å². The highest BCUT2D eigenvalue weighted by Crippen LogP contribution is 2.32. The summed E-state index contributed by atoms with van der Waals surface area (Å²) in [6.45, 7) is 0. The Morgan fingerprint density at radius 1 is 1.08 bits per heavy atom. The van der Waals surface area contributed by atoms with Gasteiger partial charge >= 0.3 is 0 Å². The third-order valence-electron chi connectivity index (χ3n) is 3.77. The molecule has 0 aromatic heterocycles. The van der Waals surface area contributed by atoms with Crippen LogP contribution in [0.5, 0.6) is 11.5 Å². The topological polar surface area (TPSA) is 83.8 Å². The third kappa shape index (κ3) is 2.56. The standard InChI is InChI=1S/C19H14O5/c1-24-16-10-11(6-8-14(16)20)7-9-15(21)17-18(22)12-4-2-3-5-13(12)19(17)23/h2-10,20,22H,1H3. The molecular weight excluding hydrogens is 308 g/mol. The van der Waals surface area contributed by atoms with Crippen LogP contribution in [0.3, 0.4) is 0 Å². The van der Waals surface area contributed by atoms with Crippen molar-refractivity contribution in [1.82, 2.24) is 0 Å². The molecule has 24 heavy (non-hydrogen) atoms. The van der Waals surface area contributed by atoms with Crippen molar-refractivity contribution in [2.24, 2.45) is 0 Å². The number of phenols is 1. The maximum absolute atomic E-state index is 12.3. The second kappa shape index (κ2) is 6.04. The Hall–Kier alpha value is -3.34. The van der Waals surface area contributed by atoms with Crippen LogP contribution < -0.4 is 4.74 Å². The molecular formula is C19H14O5. The van der Waals surface area contributed by atoms with Gasteiger partial charge in [0.25, 0.3) is 0 Å². The quantitative estimate of drug-likeness (QED) is 0.667. The zero-order valence-corrected chi connectivity index (χ0v) is 12.8. The van der Waals surface area contributed by atoms with E-state index in [4.69, 9.17) is 4.74 Å². The second-order valence-corrected chi connectivity index (χ2v) is 5.23. The molecule has 1 aliphatic carbocycles. The third-order valence-corrected chi connectivity index (χ3v) is 3.77. The second-order valence-electron chi connectivity index (χ2n) is 5.23. The van der Waals surface area contributed by atoms with Crippen molar-refractivity contribution in [1.29, 1.82) is 0 Å². The van der Waals surface area contributed by atoms with E-state index < -0.39 is 11.6 Å². The van der Waals surface area contributed by atoms with Crippen molar-refractivity contribution in [2.45, 2.75) is 0 Å². The smallest absolute Gasteiger partial charge is 0.201 e. The van der Waals surface area contributed by atoms with Crippen LogP contribution in [-0.4, -0.2) is 28.9 Å². The summed E-state index contributed by atoms with van der Waals surface area (Å²) in [6, 6.07) is 11.1. The lowest BCUT2D eigenvalue weighted by atomic mass is 10.0. The number of Topliss-reactive ketones (excluding diaryl/α,β-unsaturated/α-hetero) is 1. The van der Waals surface area contributed by atoms with Crippen LogP contribution in [0.1, 0.15) is 21.5 Å². The maximum atomic E-state index is 12.3. The van der Waals surface area contributed by atoms with Crippen molar-refractivity contribution in [2.75, 3.05) is 7.11 Å². The fraction of sp³-hybridized carbons (Fsp3) is 0.0526. The molecule has 120 valence electrons. The first-order chi connectivity index (χ1) is 11.5. The Kier molecular flexibility index (Phi) is 3.92. The van der Waals surface area contributed by atoms with Crippen molar-refractivity contribution >= 4 is 23.4 Å². The minimum Gasteiger partial charge on any atom is -0.506 e. The number of fused-ring (bicyclic) bond motifs is 1. The van der Waals surface area contributed by atoms with Gasteiger partial charge in [-0.3, -0.25) is 9.59 Å². The first-order valence-corrected chi connectivity index (χ1v) is 7.19. The molecule has 2 aromatic rings. The van der Waals surface area contributed by atoms with Gasteiger partial charge in [0, 0.05) is 11.1 Å². The highest BCUT2D eigenvalue weighted by Gasteiger charge is 2.32. The maximum Gasteiger partial charge on any atom is 0.201 e. The van der Waals surface area contributed by atoms with Gasteiger partial charge in [0.05, 0.1) is 7.11 Å². The van der Waals surface area contributed by atoms with Gasteiger partial charge in [0.1, 0.15) is 11.3 Å². The summed E-state index contributed by atoms with van der Waals surface area (Å²) in [5.74, 6) is -1.10. The molecule has 0 bridgehead atoms. The molecule has 1 aliphatic rings. The van der Waals surface area contributed by atoms with Gasteiger partial charge in [-0.2, -0.15) is 0 Å². The Bertz CT molecular complexity index is 906. The lowest BCUT2D eigenvalue weighted by Gasteiger charge is -2.03. The fourth-order valence-electron chi connectivity index (χ4n) is 2.55. The van der Waals surface area contributed by atoms with Gasteiger partial charge in [0.2, 0.25) is 5.78 Å². The van der Waals surface area contributed by atoms with Gasteiger partial charge in [-0.1, -0.05) is 36.4 Å². The number of hydrogen-bond donors (Lipinski definition) is 2. The first-order valence-electron chi connectivity index (χ1n) is 7.19.